The molecule has 8 heteroatoms. The molecule has 6 nitrogen and oxygen atoms in total. The van der Waals surface area contributed by atoms with Crippen LogP contribution in [0.3, 0.4) is 0 Å². The van der Waals surface area contributed by atoms with Gasteiger partial charge >= 0.3 is 0 Å². The minimum absolute atomic E-state index is 0.161. The molecular formula is C54H66N2O4S2. The predicted molar refractivity (Wildman–Crippen MR) is 257 cm³/mol. The van der Waals surface area contributed by atoms with Crippen molar-refractivity contribution in [2.45, 2.75) is 140 Å². The van der Waals surface area contributed by atoms with Crippen molar-refractivity contribution in [3.05, 3.63) is 130 Å². The van der Waals surface area contributed by atoms with Gasteiger partial charge in [-0.3, -0.25) is 9.59 Å². The summed E-state index contributed by atoms with van der Waals surface area (Å²) in [6.45, 7) is 4.71. The molecule has 0 aromatic heterocycles. The number of ether oxygens (including phenoxy) is 2. The molecule has 4 aromatic rings. The Labute approximate surface area is 380 Å². The van der Waals surface area contributed by atoms with Gasteiger partial charge < -0.3 is 9.47 Å². The molecule has 0 bridgehead atoms. The van der Waals surface area contributed by atoms with Gasteiger partial charge in [-0.15, -0.1) is 0 Å². The Morgan fingerprint density at radius 3 is 0.952 bits per heavy atom. The van der Waals surface area contributed by atoms with Crippen molar-refractivity contribution < 1.29 is 19.1 Å². The summed E-state index contributed by atoms with van der Waals surface area (Å²) in [6.07, 6.45) is 19.1. The van der Waals surface area contributed by atoms with Gasteiger partial charge in [-0.05, 0) is 120 Å². The van der Waals surface area contributed by atoms with Crippen LogP contribution in [0.15, 0.2) is 97.1 Å². The van der Waals surface area contributed by atoms with E-state index in [9.17, 15) is 20.1 Å². The summed E-state index contributed by atoms with van der Waals surface area (Å²) in [4.78, 5) is 22.2. The van der Waals surface area contributed by atoms with Crippen LogP contribution < -0.4 is 9.47 Å². The highest BCUT2D eigenvalue weighted by atomic mass is 32.2. The van der Waals surface area contributed by atoms with Crippen LogP contribution in [0.2, 0.25) is 0 Å². The fourth-order valence-corrected chi connectivity index (χ4v) is 10.2. The largest absolute Gasteiger partial charge is 0.494 e. The number of carbonyl (C=O) groups excluding carboxylic acids is 2. The van der Waals surface area contributed by atoms with Crippen LogP contribution in [0.1, 0.15) is 174 Å². The van der Waals surface area contributed by atoms with E-state index in [1.54, 1.807) is 13.8 Å². The van der Waals surface area contributed by atoms with Gasteiger partial charge in [0.1, 0.15) is 11.5 Å². The summed E-state index contributed by atoms with van der Waals surface area (Å²) in [6, 6.07) is 38.2. The number of hydrogen-bond acceptors (Lipinski definition) is 8. The van der Waals surface area contributed by atoms with Crippen LogP contribution in [0.25, 0.3) is 0 Å². The van der Waals surface area contributed by atoms with Crippen molar-refractivity contribution in [1.82, 2.24) is 0 Å². The lowest BCUT2D eigenvalue weighted by Gasteiger charge is -2.54. The molecule has 4 aromatic carbocycles. The Balaban J connectivity index is 1.19. The van der Waals surface area contributed by atoms with E-state index in [4.69, 9.17) is 9.47 Å². The zero-order chi connectivity index (χ0) is 43.8. The molecule has 5 rings (SSSR count). The molecule has 0 radical (unpaired) electrons. The minimum Gasteiger partial charge on any atom is -0.494 e. The normalized spacial score (nSPS) is 16.8. The quantitative estimate of drug-likeness (QED) is 0.0520. The Morgan fingerprint density at radius 2 is 0.677 bits per heavy atom. The first kappa shape index (κ1) is 48.5. The molecular weight excluding hydrogens is 805 g/mol. The molecule has 0 N–H and O–H groups in total. The molecule has 62 heavy (non-hydrogen) atoms. The molecule has 328 valence electrons. The lowest BCUT2D eigenvalue weighted by atomic mass is 9.49. The van der Waals surface area contributed by atoms with E-state index < -0.39 is 0 Å². The molecule has 0 amide bonds. The summed E-state index contributed by atoms with van der Waals surface area (Å²) in [7, 11) is 0. The molecule has 0 saturated heterocycles. The third-order valence-electron chi connectivity index (χ3n) is 12.2. The van der Waals surface area contributed by atoms with E-state index in [0.29, 0.717) is 24.3 Å². The monoisotopic (exact) mass is 870 g/mol. The first-order chi connectivity index (χ1) is 30.4. The van der Waals surface area contributed by atoms with E-state index in [0.717, 1.165) is 48.7 Å². The molecule has 4 atom stereocenters. The Hall–Kier alpha value is -4.50. The van der Waals surface area contributed by atoms with E-state index in [1.807, 2.05) is 24.3 Å². The number of nitriles is 2. The highest BCUT2D eigenvalue weighted by Gasteiger charge is 2.52. The van der Waals surface area contributed by atoms with Crippen LogP contribution in [0, 0.1) is 22.7 Å². The van der Waals surface area contributed by atoms with Gasteiger partial charge in [0, 0.05) is 25.4 Å². The number of carbonyl (C=O) groups is 2. The third kappa shape index (κ3) is 16.0. The zero-order valence-electron chi connectivity index (χ0n) is 37.0. The van der Waals surface area contributed by atoms with Crippen molar-refractivity contribution in [2.24, 2.45) is 0 Å². The standard InChI is InChI=1S/C54H66N2O4S2/c1-41(57)61-37-17-13-9-5-3-7-11-15-35-59-49-31-27-47(28-32-49)53-51(45-23-19-43(39-55)20-24-45)52(46-25-21-44(40-56)22-26-46)54(53)48-29-33-50(34-30-48)60-36-16-12-8-4-6-10-14-18-38-62-42(2)58/h19-34,51-54H,3-18,35-38H2,1-2H3. The number of rotatable bonds is 28. The summed E-state index contributed by atoms with van der Waals surface area (Å²) >= 11 is 2.88. The van der Waals surface area contributed by atoms with Gasteiger partial charge in [0.2, 0.25) is 0 Å². The Bertz CT molecular complexity index is 1860. The maximum absolute atomic E-state index is 11.1. The maximum Gasteiger partial charge on any atom is 0.185 e. The average Bonchev–Trinajstić information content (AvgIpc) is 3.28. The molecule has 0 heterocycles. The van der Waals surface area contributed by atoms with Gasteiger partial charge in [0.05, 0.1) is 36.5 Å². The number of unbranched alkanes of at least 4 members (excludes halogenated alkanes) is 14. The van der Waals surface area contributed by atoms with Crippen molar-refractivity contribution in [3.63, 3.8) is 0 Å². The maximum atomic E-state index is 11.1. The van der Waals surface area contributed by atoms with Gasteiger partial charge in [0.25, 0.3) is 0 Å². The summed E-state index contributed by atoms with van der Waals surface area (Å²) in [5.41, 5.74) is 6.23. The molecule has 1 saturated carbocycles. The minimum atomic E-state index is 0.161. The predicted octanol–water partition coefficient (Wildman–Crippen LogP) is 14.4. The van der Waals surface area contributed by atoms with Crippen molar-refractivity contribution in [3.8, 4) is 23.6 Å². The summed E-state index contributed by atoms with van der Waals surface area (Å²) < 4.78 is 12.5. The third-order valence-corrected chi connectivity index (χ3v) is 14.0. The highest BCUT2D eigenvalue weighted by molar-refractivity contribution is 8.13. The Kier molecular flexibility index (Phi) is 21.6. The fraction of sp³-hybridized carbons (Fsp3) is 0.481. The lowest BCUT2D eigenvalue weighted by molar-refractivity contribution is -0.109. The second kappa shape index (κ2) is 27.5. The Morgan fingerprint density at radius 1 is 0.419 bits per heavy atom. The SMILES string of the molecule is CC(=O)SCCCCCCCCCCOc1ccc(C2C(c3ccc(C#N)cc3)C(c3ccc(C#N)cc3)C2c2ccc(OCCCCCCCCCCSC(C)=O)cc2)cc1. The number of benzene rings is 4. The second-order valence-electron chi connectivity index (χ2n) is 16.7. The molecule has 0 aliphatic heterocycles. The lowest BCUT2D eigenvalue weighted by Crippen LogP contribution is -2.40. The molecule has 0 spiro atoms. The van der Waals surface area contributed by atoms with Crippen LogP contribution in [0.4, 0.5) is 0 Å². The fourth-order valence-electron chi connectivity index (χ4n) is 8.88. The van der Waals surface area contributed by atoms with E-state index >= 15 is 0 Å². The molecule has 1 aliphatic rings. The van der Waals surface area contributed by atoms with Crippen LogP contribution >= 0.6 is 23.5 Å². The van der Waals surface area contributed by atoms with E-state index in [2.05, 4.69) is 84.9 Å². The van der Waals surface area contributed by atoms with Gasteiger partial charge in [-0.2, -0.15) is 10.5 Å². The van der Waals surface area contributed by atoms with Gasteiger partial charge in [-0.1, -0.05) is 149 Å². The van der Waals surface area contributed by atoms with Crippen molar-refractivity contribution in [2.75, 3.05) is 24.7 Å². The van der Waals surface area contributed by atoms with E-state index in [-0.39, 0.29) is 33.9 Å². The summed E-state index contributed by atoms with van der Waals surface area (Å²) in [5, 5.41) is 19.6. The topological polar surface area (TPSA) is 100 Å². The zero-order valence-corrected chi connectivity index (χ0v) is 38.7. The second-order valence-corrected chi connectivity index (χ2v) is 19.3. The first-order valence-corrected chi connectivity index (χ1v) is 25.1. The van der Waals surface area contributed by atoms with Crippen LogP contribution in [-0.4, -0.2) is 35.0 Å². The first-order valence-electron chi connectivity index (χ1n) is 23.1. The smallest absolute Gasteiger partial charge is 0.185 e. The van der Waals surface area contributed by atoms with Crippen molar-refractivity contribution in [1.29, 1.82) is 10.5 Å². The number of nitrogens with zero attached hydrogens (tertiary/aromatic N) is 2. The van der Waals surface area contributed by atoms with Crippen LogP contribution in [0.5, 0.6) is 11.5 Å². The molecule has 1 aliphatic carbocycles. The van der Waals surface area contributed by atoms with Gasteiger partial charge in [0.15, 0.2) is 10.2 Å². The summed E-state index contributed by atoms with van der Waals surface area (Å²) in [5.74, 6) is 4.36. The highest BCUT2D eigenvalue weighted by Crippen LogP contribution is 2.66. The van der Waals surface area contributed by atoms with E-state index in [1.165, 1.54) is 123 Å². The average molecular weight is 871 g/mol. The number of hydrogen-bond donors (Lipinski definition) is 0. The van der Waals surface area contributed by atoms with Crippen molar-refractivity contribution >= 4 is 33.8 Å². The molecule has 1 fully saturated rings. The molecule has 4 unspecified atom stereocenters. The van der Waals surface area contributed by atoms with Gasteiger partial charge in [-0.25, -0.2) is 0 Å². The number of thioether (sulfide) groups is 2. The van der Waals surface area contributed by atoms with Crippen LogP contribution in [-0.2, 0) is 9.59 Å².